The van der Waals surface area contributed by atoms with E-state index in [1.165, 1.54) is 6.07 Å². The number of hydrogen-bond donors (Lipinski definition) is 3. The van der Waals surface area contributed by atoms with E-state index in [1.807, 2.05) is 0 Å². The van der Waals surface area contributed by atoms with Gasteiger partial charge in [-0.05, 0) is 62.3 Å². The topological polar surface area (TPSA) is 78.3 Å². The van der Waals surface area contributed by atoms with Crippen LogP contribution in [0.25, 0.3) is 11.3 Å². The van der Waals surface area contributed by atoms with Crippen molar-refractivity contribution in [2.75, 3.05) is 5.32 Å². The van der Waals surface area contributed by atoms with Crippen LogP contribution in [0.1, 0.15) is 55.2 Å². The molecule has 30 heavy (non-hydrogen) atoms. The molecule has 0 bridgehead atoms. The van der Waals surface area contributed by atoms with E-state index in [0.29, 0.717) is 11.5 Å². The molecule has 1 aromatic carbocycles. The highest BCUT2D eigenvalue weighted by molar-refractivity contribution is 5.85. The summed E-state index contributed by atoms with van der Waals surface area (Å²) in [5, 5.41) is 32.4. The number of benzene rings is 1. The van der Waals surface area contributed by atoms with Gasteiger partial charge in [0.1, 0.15) is 11.4 Å². The average Bonchev–Trinajstić information content (AvgIpc) is 2.69. The van der Waals surface area contributed by atoms with Gasteiger partial charge in [-0.25, -0.2) is 0 Å². The molecule has 0 unspecified atom stereocenters. The summed E-state index contributed by atoms with van der Waals surface area (Å²) in [6, 6.07) is 2.87. The number of aromatic nitrogens is 2. The maximum absolute atomic E-state index is 12.9. The molecule has 2 aliphatic carbocycles. The zero-order valence-corrected chi connectivity index (χ0v) is 17.2. The molecule has 2 aromatic rings. The first-order valence-electron chi connectivity index (χ1n) is 10.1. The van der Waals surface area contributed by atoms with Crippen LogP contribution in [-0.4, -0.2) is 32.6 Å². The van der Waals surface area contributed by atoms with Gasteiger partial charge in [0, 0.05) is 11.1 Å². The zero-order valence-electron chi connectivity index (χ0n) is 16.4. The van der Waals surface area contributed by atoms with Gasteiger partial charge in [-0.15, -0.1) is 22.6 Å². The number of phenols is 1. The standard InChI is InChI=1S/C21H24F3N3O2.ClH/c22-21(23,24)12-9-10-15(18(29)11-12)19-13-5-1-2-6-14(13)20(27-26-19)25-16-7-3-4-8-17(16)28;/h9-11,16-17,28-29H,1-8H2,(H,25,27);1H/t16-,17-;/m1./s1. The number of hydrogen-bond acceptors (Lipinski definition) is 5. The van der Waals surface area contributed by atoms with Gasteiger partial charge in [-0.2, -0.15) is 13.2 Å². The van der Waals surface area contributed by atoms with Gasteiger partial charge in [-0.1, -0.05) is 12.8 Å². The third-order valence-corrected chi connectivity index (χ3v) is 5.92. The van der Waals surface area contributed by atoms with Gasteiger partial charge >= 0.3 is 6.18 Å². The average molecular weight is 444 g/mol. The number of halogens is 4. The normalized spacial score (nSPS) is 21.5. The quantitative estimate of drug-likeness (QED) is 0.630. The Bertz CT molecular complexity index is 908. The van der Waals surface area contributed by atoms with Crippen LogP contribution in [0.5, 0.6) is 5.75 Å². The Kier molecular flexibility index (Phi) is 6.77. The Morgan fingerprint density at radius 1 is 0.967 bits per heavy atom. The molecular weight excluding hydrogens is 419 g/mol. The predicted octanol–water partition coefficient (Wildman–Crippen LogP) is 4.88. The molecule has 5 nitrogen and oxygen atoms in total. The number of phenolic OH excluding ortho intramolecular Hbond substituents is 1. The third-order valence-electron chi connectivity index (χ3n) is 5.92. The summed E-state index contributed by atoms with van der Waals surface area (Å²) in [4.78, 5) is 0. The van der Waals surface area contributed by atoms with Crippen molar-refractivity contribution in [1.29, 1.82) is 0 Å². The molecule has 1 aromatic heterocycles. The monoisotopic (exact) mass is 443 g/mol. The summed E-state index contributed by atoms with van der Waals surface area (Å²) in [7, 11) is 0. The molecule has 164 valence electrons. The van der Waals surface area contributed by atoms with Crippen molar-refractivity contribution in [3.8, 4) is 17.0 Å². The van der Waals surface area contributed by atoms with E-state index in [-0.39, 0.29) is 24.0 Å². The second kappa shape index (κ2) is 8.98. The van der Waals surface area contributed by atoms with Crippen molar-refractivity contribution < 1.29 is 23.4 Å². The van der Waals surface area contributed by atoms with E-state index in [4.69, 9.17) is 0 Å². The molecule has 1 fully saturated rings. The van der Waals surface area contributed by atoms with E-state index >= 15 is 0 Å². The first-order chi connectivity index (χ1) is 13.8. The van der Waals surface area contributed by atoms with Crippen molar-refractivity contribution in [3.05, 3.63) is 34.9 Å². The van der Waals surface area contributed by atoms with Crippen LogP contribution in [0, 0.1) is 0 Å². The van der Waals surface area contributed by atoms with Gasteiger partial charge < -0.3 is 15.5 Å². The second-order valence-electron chi connectivity index (χ2n) is 7.89. The molecule has 2 atom stereocenters. The molecule has 2 aliphatic rings. The van der Waals surface area contributed by atoms with Crippen LogP contribution < -0.4 is 5.32 Å². The molecule has 0 saturated heterocycles. The maximum Gasteiger partial charge on any atom is 0.416 e. The van der Waals surface area contributed by atoms with Crippen LogP contribution in [0.15, 0.2) is 18.2 Å². The van der Waals surface area contributed by atoms with Crippen LogP contribution in [-0.2, 0) is 19.0 Å². The van der Waals surface area contributed by atoms with Crippen molar-refractivity contribution in [1.82, 2.24) is 10.2 Å². The summed E-state index contributed by atoms with van der Waals surface area (Å²) in [6.07, 6.45) is 2.16. The summed E-state index contributed by atoms with van der Waals surface area (Å²) in [5.41, 5.74) is 1.69. The molecule has 9 heteroatoms. The Labute approximate surface area is 179 Å². The SMILES string of the molecule is Cl.Oc1cc(C(F)(F)F)ccc1-c1nnc(N[C@@H]2CCCC[C@H]2O)c2c1CCCC2. The van der Waals surface area contributed by atoms with E-state index < -0.39 is 23.6 Å². The van der Waals surface area contributed by atoms with Gasteiger partial charge in [0.25, 0.3) is 0 Å². The molecular formula is C21H25ClF3N3O2. The number of fused-ring (bicyclic) bond motifs is 1. The Hall–Kier alpha value is -2.06. The van der Waals surface area contributed by atoms with Crippen molar-refractivity contribution in [2.45, 2.75) is 69.7 Å². The lowest BCUT2D eigenvalue weighted by atomic mass is 9.88. The molecule has 1 heterocycles. The number of nitrogens with one attached hydrogen (secondary N) is 1. The summed E-state index contributed by atoms with van der Waals surface area (Å²) in [6.45, 7) is 0. The molecule has 3 N–H and O–H groups in total. The molecule has 1 saturated carbocycles. The fraction of sp³-hybridized carbons (Fsp3) is 0.524. The minimum absolute atomic E-state index is 0. The number of anilines is 1. The van der Waals surface area contributed by atoms with E-state index in [2.05, 4.69) is 15.5 Å². The lowest BCUT2D eigenvalue weighted by Gasteiger charge is -2.30. The Morgan fingerprint density at radius 3 is 2.33 bits per heavy atom. The number of aliphatic hydroxyl groups is 1. The number of nitrogens with zero attached hydrogens (tertiary/aromatic N) is 2. The highest BCUT2D eigenvalue weighted by atomic mass is 35.5. The second-order valence-corrected chi connectivity index (χ2v) is 7.89. The number of alkyl halides is 3. The van der Waals surface area contributed by atoms with Crippen LogP contribution >= 0.6 is 12.4 Å². The first-order valence-corrected chi connectivity index (χ1v) is 10.1. The maximum atomic E-state index is 12.9. The van der Waals surface area contributed by atoms with Gasteiger partial charge in [-0.3, -0.25) is 0 Å². The predicted molar refractivity (Wildman–Crippen MR) is 110 cm³/mol. The third kappa shape index (κ3) is 4.49. The van der Waals surface area contributed by atoms with Crippen LogP contribution in [0.3, 0.4) is 0 Å². The smallest absolute Gasteiger partial charge is 0.416 e. The number of rotatable bonds is 3. The minimum Gasteiger partial charge on any atom is -0.507 e. The molecule has 0 aliphatic heterocycles. The summed E-state index contributed by atoms with van der Waals surface area (Å²) >= 11 is 0. The van der Waals surface area contributed by atoms with Gasteiger partial charge in [0.2, 0.25) is 0 Å². The Morgan fingerprint density at radius 2 is 1.67 bits per heavy atom. The first kappa shape index (κ1) is 22.6. The van der Waals surface area contributed by atoms with E-state index in [0.717, 1.165) is 74.6 Å². The van der Waals surface area contributed by atoms with Crippen LogP contribution in [0.2, 0.25) is 0 Å². The van der Waals surface area contributed by atoms with Gasteiger partial charge in [0.05, 0.1) is 17.7 Å². The minimum atomic E-state index is -4.52. The number of aliphatic hydroxyl groups excluding tert-OH is 1. The van der Waals surface area contributed by atoms with Crippen LogP contribution in [0.4, 0.5) is 19.0 Å². The molecule has 0 amide bonds. The lowest BCUT2D eigenvalue weighted by Crippen LogP contribution is -2.37. The van der Waals surface area contributed by atoms with E-state index in [1.54, 1.807) is 0 Å². The van der Waals surface area contributed by atoms with Crippen molar-refractivity contribution in [3.63, 3.8) is 0 Å². The Balaban J connectivity index is 0.00000256. The van der Waals surface area contributed by atoms with Gasteiger partial charge in [0.15, 0.2) is 5.82 Å². The molecule has 0 spiro atoms. The highest BCUT2D eigenvalue weighted by Crippen LogP contribution is 2.40. The summed E-state index contributed by atoms with van der Waals surface area (Å²) in [5.74, 6) is 0.186. The molecule has 4 rings (SSSR count). The molecule has 0 radical (unpaired) electrons. The van der Waals surface area contributed by atoms with Crippen molar-refractivity contribution >= 4 is 18.2 Å². The fourth-order valence-electron chi connectivity index (χ4n) is 4.34. The number of aromatic hydroxyl groups is 1. The zero-order chi connectivity index (χ0) is 20.6. The lowest BCUT2D eigenvalue weighted by molar-refractivity contribution is -0.137. The highest BCUT2D eigenvalue weighted by Gasteiger charge is 2.32. The van der Waals surface area contributed by atoms with Crippen molar-refractivity contribution in [2.24, 2.45) is 0 Å². The fourth-order valence-corrected chi connectivity index (χ4v) is 4.34. The largest absolute Gasteiger partial charge is 0.507 e. The van der Waals surface area contributed by atoms with E-state index in [9.17, 15) is 23.4 Å². The summed E-state index contributed by atoms with van der Waals surface area (Å²) < 4.78 is 38.7.